The fraction of sp³-hybridized carbons (Fsp3) is 0.214. The summed E-state index contributed by atoms with van der Waals surface area (Å²) in [7, 11) is 2.85. The van der Waals surface area contributed by atoms with Crippen LogP contribution in [0.25, 0.3) is 6.08 Å². The average molecular weight is 349 g/mol. The number of nitro groups is 1. The molecular weight excluding hydrogens is 338 g/mol. The molecule has 2 aliphatic rings. The molecule has 1 aromatic carbocycles. The minimum Gasteiger partial charge on any atom is -0.454 e. The maximum Gasteiger partial charge on any atom is 0.280 e. The predicted octanol–water partition coefficient (Wildman–Crippen LogP) is 0.922. The zero-order valence-electron chi connectivity index (χ0n) is 12.6. The number of rotatable bonds is 2. The molecule has 0 N–H and O–H groups in total. The molecule has 0 spiro atoms. The van der Waals surface area contributed by atoms with Crippen molar-refractivity contribution in [2.24, 2.45) is 0 Å². The van der Waals surface area contributed by atoms with Crippen LogP contribution in [0.15, 0.2) is 17.7 Å². The van der Waals surface area contributed by atoms with Crippen molar-refractivity contribution in [3.63, 3.8) is 0 Å². The van der Waals surface area contributed by atoms with Crippen molar-refractivity contribution in [2.45, 2.75) is 0 Å². The highest BCUT2D eigenvalue weighted by Crippen LogP contribution is 2.39. The highest BCUT2D eigenvalue weighted by Gasteiger charge is 2.36. The Hall–Kier alpha value is -3.01. The van der Waals surface area contributed by atoms with Gasteiger partial charge in [0.2, 0.25) is 6.79 Å². The monoisotopic (exact) mass is 349 g/mol. The minimum atomic E-state index is -0.630. The molecule has 1 saturated heterocycles. The van der Waals surface area contributed by atoms with E-state index in [4.69, 9.17) is 21.7 Å². The van der Waals surface area contributed by atoms with Crippen LogP contribution < -0.4 is 9.47 Å². The third-order valence-corrected chi connectivity index (χ3v) is 4.21. The standard InChI is InChI=1S/C14H11N3O6S/c1-15-12(18)8(13(19)16(2)14(15)24)3-7-4-10-11(23-6-22-10)5-9(7)17(20)21/h3-5H,6H2,1-2H3. The van der Waals surface area contributed by atoms with Gasteiger partial charge >= 0.3 is 0 Å². The van der Waals surface area contributed by atoms with Gasteiger partial charge in [-0.2, -0.15) is 0 Å². The summed E-state index contributed by atoms with van der Waals surface area (Å²) in [5.41, 5.74) is -0.461. The quantitative estimate of drug-likeness (QED) is 0.257. The van der Waals surface area contributed by atoms with Crippen LogP contribution in [0.4, 0.5) is 5.69 Å². The zero-order chi connectivity index (χ0) is 17.6. The molecule has 1 fully saturated rings. The van der Waals surface area contributed by atoms with Crippen LogP contribution in [0.5, 0.6) is 11.5 Å². The van der Waals surface area contributed by atoms with Gasteiger partial charge in [0.05, 0.1) is 16.6 Å². The van der Waals surface area contributed by atoms with Crippen molar-refractivity contribution in [3.05, 3.63) is 33.4 Å². The van der Waals surface area contributed by atoms with Gasteiger partial charge in [-0.3, -0.25) is 29.5 Å². The summed E-state index contributed by atoms with van der Waals surface area (Å²) < 4.78 is 10.3. The molecule has 0 unspecified atom stereocenters. The van der Waals surface area contributed by atoms with E-state index in [0.717, 1.165) is 9.80 Å². The van der Waals surface area contributed by atoms with Crippen LogP contribution >= 0.6 is 12.2 Å². The number of thiocarbonyl (C=S) groups is 1. The smallest absolute Gasteiger partial charge is 0.280 e. The van der Waals surface area contributed by atoms with Crippen molar-refractivity contribution in [2.75, 3.05) is 20.9 Å². The fourth-order valence-electron chi connectivity index (χ4n) is 2.35. The third-order valence-electron chi connectivity index (χ3n) is 3.66. The van der Waals surface area contributed by atoms with E-state index in [1.807, 2.05) is 0 Å². The van der Waals surface area contributed by atoms with Crippen LogP contribution in [-0.2, 0) is 9.59 Å². The molecule has 0 saturated carbocycles. The normalized spacial score (nSPS) is 16.8. The number of carbonyl (C=O) groups is 2. The number of carbonyl (C=O) groups excluding carboxylic acids is 2. The largest absolute Gasteiger partial charge is 0.454 e. The Balaban J connectivity index is 2.14. The van der Waals surface area contributed by atoms with Gasteiger partial charge in [0.15, 0.2) is 16.6 Å². The van der Waals surface area contributed by atoms with E-state index in [1.165, 1.54) is 32.3 Å². The summed E-state index contributed by atoms with van der Waals surface area (Å²) in [5.74, 6) is -0.717. The van der Waals surface area contributed by atoms with Gasteiger partial charge in [0.25, 0.3) is 17.5 Å². The molecule has 0 atom stereocenters. The average Bonchev–Trinajstić information content (AvgIpc) is 3.01. The minimum absolute atomic E-state index is 0.0515. The van der Waals surface area contributed by atoms with E-state index in [2.05, 4.69) is 0 Å². The van der Waals surface area contributed by atoms with E-state index < -0.39 is 16.7 Å². The van der Waals surface area contributed by atoms with E-state index in [-0.39, 0.29) is 34.5 Å². The molecule has 2 aliphatic heterocycles. The number of likely N-dealkylation sites (N-methyl/N-ethyl adjacent to an activating group) is 2. The molecule has 2 heterocycles. The van der Waals surface area contributed by atoms with E-state index in [1.54, 1.807) is 0 Å². The predicted molar refractivity (Wildman–Crippen MR) is 85.3 cm³/mol. The van der Waals surface area contributed by atoms with Gasteiger partial charge in [-0.1, -0.05) is 0 Å². The lowest BCUT2D eigenvalue weighted by Gasteiger charge is -2.31. The Labute approximate surface area is 141 Å². The Morgan fingerprint density at radius 1 is 1.17 bits per heavy atom. The van der Waals surface area contributed by atoms with Crippen molar-refractivity contribution < 1.29 is 24.0 Å². The topological polar surface area (TPSA) is 102 Å². The van der Waals surface area contributed by atoms with E-state index in [0.29, 0.717) is 5.75 Å². The van der Waals surface area contributed by atoms with Crippen LogP contribution in [0.1, 0.15) is 5.56 Å². The molecule has 9 nitrogen and oxygen atoms in total. The van der Waals surface area contributed by atoms with Gasteiger partial charge < -0.3 is 9.47 Å². The summed E-state index contributed by atoms with van der Waals surface area (Å²) in [5, 5.41) is 11.3. The van der Waals surface area contributed by atoms with Crippen LogP contribution in [0.2, 0.25) is 0 Å². The highest BCUT2D eigenvalue weighted by atomic mass is 32.1. The van der Waals surface area contributed by atoms with E-state index >= 15 is 0 Å². The lowest BCUT2D eigenvalue weighted by Crippen LogP contribution is -2.52. The molecule has 10 heteroatoms. The Kier molecular flexibility index (Phi) is 3.68. The molecule has 0 aliphatic carbocycles. The SMILES string of the molecule is CN1C(=O)C(=Cc2cc3c(cc2[N+](=O)[O-])OCO3)C(=O)N(C)C1=S. The zero-order valence-corrected chi connectivity index (χ0v) is 13.5. The summed E-state index contributed by atoms with van der Waals surface area (Å²) in [4.78, 5) is 37.5. The second kappa shape index (κ2) is 5.57. The molecule has 1 aromatic rings. The molecular formula is C14H11N3O6S. The Bertz CT molecular complexity index is 808. The van der Waals surface area contributed by atoms with Gasteiger partial charge in [0.1, 0.15) is 5.57 Å². The highest BCUT2D eigenvalue weighted by molar-refractivity contribution is 7.80. The van der Waals surface area contributed by atoms with Crippen LogP contribution in [-0.4, -0.2) is 52.5 Å². The molecule has 0 radical (unpaired) electrons. The fourth-order valence-corrected chi connectivity index (χ4v) is 2.52. The Morgan fingerprint density at radius 3 is 2.25 bits per heavy atom. The first kappa shape index (κ1) is 15.9. The first-order valence-corrected chi connectivity index (χ1v) is 7.12. The van der Waals surface area contributed by atoms with Crippen molar-refractivity contribution >= 4 is 40.9 Å². The second-order valence-corrected chi connectivity index (χ2v) is 5.46. The molecule has 2 amide bonds. The van der Waals surface area contributed by atoms with Gasteiger partial charge in [-0.15, -0.1) is 0 Å². The van der Waals surface area contributed by atoms with Gasteiger partial charge in [-0.05, 0) is 24.4 Å². The first-order chi connectivity index (χ1) is 11.3. The number of hydrogen-bond acceptors (Lipinski definition) is 7. The maximum atomic E-state index is 12.3. The summed E-state index contributed by atoms with van der Waals surface area (Å²) in [6.07, 6.45) is 1.17. The van der Waals surface area contributed by atoms with Gasteiger partial charge in [-0.25, -0.2) is 0 Å². The molecule has 24 heavy (non-hydrogen) atoms. The summed E-state index contributed by atoms with van der Waals surface area (Å²) in [6, 6.07) is 2.56. The molecule has 124 valence electrons. The van der Waals surface area contributed by atoms with E-state index in [9.17, 15) is 19.7 Å². The van der Waals surface area contributed by atoms with Crippen molar-refractivity contribution in [1.29, 1.82) is 0 Å². The lowest BCUT2D eigenvalue weighted by atomic mass is 10.0. The van der Waals surface area contributed by atoms with Crippen LogP contribution in [0, 0.1) is 10.1 Å². The molecule has 3 rings (SSSR count). The third kappa shape index (κ3) is 2.36. The molecule has 0 aromatic heterocycles. The maximum absolute atomic E-state index is 12.3. The molecule has 0 bridgehead atoms. The van der Waals surface area contributed by atoms with Crippen molar-refractivity contribution in [1.82, 2.24) is 9.80 Å². The Morgan fingerprint density at radius 2 is 1.71 bits per heavy atom. The number of benzene rings is 1. The number of nitrogens with zero attached hydrogens (tertiary/aromatic N) is 3. The number of nitro benzene ring substituents is 1. The first-order valence-electron chi connectivity index (χ1n) is 6.71. The number of hydrogen-bond donors (Lipinski definition) is 0. The summed E-state index contributed by atoms with van der Waals surface area (Å²) >= 11 is 4.99. The van der Waals surface area contributed by atoms with Gasteiger partial charge in [0, 0.05) is 14.1 Å². The number of amides is 2. The summed E-state index contributed by atoms with van der Waals surface area (Å²) in [6.45, 7) is -0.0515. The second-order valence-electron chi connectivity index (χ2n) is 5.09. The number of fused-ring (bicyclic) bond motifs is 1. The van der Waals surface area contributed by atoms with Crippen molar-refractivity contribution in [3.8, 4) is 11.5 Å². The number of ether oxygens (including phenoxy) is 2. The lowest BCUT2D eigenvalue weighted by molar-refractivity contribution is -0.385. The van der Waals surface area contributed by atoms with Crippen LogP contribution in [0.3, 0.4) is 0 Å².